The first kappa shape index (κ1) is 66.3. The minimum atomic E-state index is -1.86. The van der Waals surface area contributed by atoms with Crippen LogP contribution in [0.2, 0.25) is 0 Å². The average Bonchev–Trinajstić information content (AvgIpc) is 3.91. The summed E-state index contributed by atoms with van der Waals surface area (Å²) in [6.45, 7) is 18.1. The topological polar surface area (TPSA) is 268 Å². The van der Waals surface area contributed by atoms with Gasteiger partial charge in [0.2, 0.25) is 0 Å². The normalized spacial score (nSPS) is 38.6. The van der Waals surface area contributed by atoms with Crippen LogP contribution >= 0.6 is 0 Å². The first-order valence-electron chi connectivity index (χ1n) is 28.0. The minimum Gasteiger partial charge on any atom is -0.459 e. The molecule has 22 nitrogen and oxygen atoms in total. The molecule has 23 heteroatoms. The number of ether oxygens (including phenoxy) is 7. The molecule has 4 aliphatic rings. The van der Waals surface area contributed by atoms with E-state index in [-0.39, 0.29) is 25.2 Å². The molecule has 4 aliphatic heterocycles. The lowest BCUT2D eigenvalue weighted by Gasteiger charge is -2.49. The standard InChI is InChI=1S/C56H98FN9O13/c1-17-44-56(10,72)49(68)36(6)65(14)29-32(2)25-54(8,71)51(34(4)47(35(5)52(70)77-44)78-45-26-55(9,74-16)50(69)37(7)76-45)79-53-46(67)42(24-33(3)75-53)64(13)23-22-40-31-66(62-61-40)43(27-57)48(73-15)38-18-20-39(21-19-38)59-28-41(60-58)30-63(11)12/h18-21,28,31-37,42-51,53,58-59,61-62,67-69,71-72H,17,22-27,29-30H2,1-16H3/b41-28-,60-58?/t32-,33-,34+,35-,36-,37+,42+,43-,44-,45+,46-,47+,48-,49-,50+,51-,53+,54-,55-,56-/m1/s1. The van der Waals surface area contributed by atoms with Crippen LogP contribution in [0.1, 0.15) is 113 Å². The number of anilines is 1. The van der Waals surface area contributed by atoms with Crippen LogP contribution < -0.4 is 16.3 Å². The molecule has 79 heavy (non-hydrogen) atoms. The molecule has 0 unspecified atom stereocenters. The van der Waals surface area contributed by atoms with E-state index in [1.807, 2.05) is 87.2 Å². The highest BCUT2D eigenvalue weighted by molar-refractivity contribution is 5.73. The van der Waals surface area contributed by atoms with Crippen molar-refractivity contribution in [1.29, 1.82) is 5.53 Å². The van der Waals surface area contributed by atoms with E-state index in [9.17, 15) is 30.3 Å². The van der Waals surface area contributed by atoms with E-state index in [0.29, 0.717) is 38.2 Å². The van der Waals surface area contributed by atoms with Crippen molar-refractivity contribution in [1.82, 2.24) is 30.7 Å². The number of aliphatic hydroxyl groups is 5. The predicted molar refractivity (Wildman–Crippen MR) is 295 cm³/mol. The molecule has 0 bridgehead atoms. The number of likely N-dealkylation sites (N-methyl/N-ethyl adjacent to an activating group) is 3. The first-order chi connectivity index (χ1) is 37.0. The Morgan fingerprint density at radius 1 is 1.01 bits per heavy atom. The van der Waals surface area contributed by atoms with Crippen LogP contribution in [0.3, 0.4) is 0 Å². The number of benzene rings is 1. The smallest absolute Gasteiger partial charge is 0.311 e. The van der Waals surface area contributed by atoms with Crippen molar-refractivity contribution in [2.45, 2.75) is 204 Å². The second-order valence-electron chi connectivity index (χ2n) is 23.9. The largest absolute Gasteiger partial charge is 0.459 e. The third-order valence-electron chi connectivity index (χ3n) is 16.9. The number of hydrazine groups is 2. The van der Waals surface area contributed by atoms with Crippen LogP contribution in [0.25, 0.3) is 0 Å². The number of halogens is 1. The van der Waals surface area contributed by atoms with Gasteiger partial charge in [0.25, 0.3) is 0 Å². The molecule has 452 valence electrons. The lowest BCUT2D eigenvalue weighted by atomic mass is 9.77. The molecular formula is C56H98FN9O13. The van der Waals surface area contributed by atoms with Gasteiger partial charge in [0.05, 0.1) is 47.2 Å². The van der Waals surface area contributed by atoms with Gasteiger partial charge in [-0.3, -0.25) is 9.80 Å². The molecule has 0 aliphatic carbocycles. The Hall–Kier alpha value is -3.50. The fourth-order valence-corrected chi connectivity index (χ4v) is 12.0. The summed E-state index contributed by atoms with van der Waals surface area (Å²) in [4.78, 5) is 20.4. The zero-order chi connectivity index (χ0) is 58.9. The van der Waals surface area contributed by atoms with Gasteiger partial charge in [-0.2, -0.15) is 5.11 Å². The molecule has 0 amide bonds. The van der Waals surface area contributed by atoms with Gasteiger partial charge in [0, 0.05) is 88.5 Å². The minimum absolute atomic E-state index is 0.0819. The van der Waals surface area contributed by atoms with Crippen LogP contribution in [-0.2, 0) is 38.0 Å². The second kappa shape index (κ2) is 28.7. The van der Waals surface area contributed by atoms with Crippen molar-refractivity contribution in [2.75, 3.05) is 74.0 Å². The van der Waals surface area contributed by atoms with Crippen molar-refractivity contribution < 1.29 is 67.9 Å². The Morgan fingerprint density at radius 3 is 2.28 bits per heavy atom. The van der Waals surface area contributed by atoms with Crippen molar-refractivity contribution in [3.63, 3.8) is 0 Å². The number of nitrogens with zero attached hydrogens (tertiary/aromatic N) is 5. The summed E-state index contributed by atoms with van der Waals surface area (Å²) in [5.41, 5.74) is 12.0. The predicted octanol–water partition coefficient (Wildman–Crippen LogP) is 4.40. The molecule has 1 aromatic rings. The number of alkyl halides is 1. The Kier molecular flexibility index (Phi) is 24.1. The lowest BCUT2D eigenvalue weighted by Crippen LogP contribution is -2.61. The SMILES string of the molecule is CC[C@H]1OC(=O)[C@H](C)[C@@H](O[C@H]2C[C@@](C)(OC)[C@@H](O)[C@H](C)O2)[C@H](C)[C@@H](O[C@@H]2O[C@H](C)C[C@H](N(C)CCC3=CN([C@H](CF)[C@H](OC)c4ccc(N/C=C(/CN(C)C)N=N)cc4)NN3)[C@H]2O)[C@](C)(O)C[C@@H](C)CN(C)[C@H](C)[C@@H](O)[C@]1(C)O. The summed E-state index contributed by atoms with van der Waals surface area (Å²) >= 11 is 0. The third-order valence-corrected chi connectivity index (χ3v) is 16.9. The van der Waals surface area contributed by atoms with E-state index in [4.69, 9.17) is 38.7 Å². The number of carbonyl (C=O) groups is 1. The van der Waals surface area contributed by atoms with Gasteiger partial charge < -0.3 is 84.1 Å². The first-order valence-corrected chi connectivity index (χ1v) is 28.0. The number of nitrogens with one attached hydrogen (secondary N) is 4. The third kappa shape index (κ3) is 16.4. The van der Waals surface area contributed by atoms with Gasteiger partial charge in [0.15, 0.2) is 12.6 Å². The second-order valence-corrected chi connectivity index (χ2v) is 23.9. The molecule has 3 saturated heterocycles. The number of rotatable bonds is 20. The Bertz CT molecular complexity index is 2150. The van der Waals surface area contributed by atoms with Gasteiger partial charge >= 0.3 is 5.97 Å². The number of esters is 1. The zero-order valence-corrected chi connectivity index (χ0v) is 49.8. The summed E-state index contributed by atoms with van der Waals surface area (Å²) in [6.07, 6.45) is -6.16. The zero-order valence-electron chi connectivity index (χ0n) is 49.8. The number of cyclic esters (lactones) is 1. The summed E-state index contributed by atoms with van der Waals surface area (Å²) in [7, 11) is 10.6. The fraction of sp³-hybridized carbons (Fsp3) is 0.804. The molecule has 5 rings (SSSR count). The maximum Gasteiger partial charge on any atom is 0.311 e. The van der Waals surface area contributed by atoms with Crippen molar-refractivity contribution >= 4 is 11.7 Å². The van der Waals surface area contributed by atoms with Crippen molar-refractivity contribution in [3.05, 3.63) is 53.6 Å². The van der Waals surface area contributed by atoms with E-state index >= 15 is 4.39 Å². The maximum atomic E-state index is 15.0. The molecule has 20 atom stereocenters. The average molecular weight is 1120 g/mol. The lowest BCUT2D eigenvalue weighted by molar-refractivity contribution is -0.318. The fourth-order valence-electron chi connectivity index (χ4n) is 12.0. The van der Waals surface area contributed by atoms with Crippen LogP contribution in [0, 0.1) is 23.3 Å². The van der Waals surface area contributed by atoms with Crippen molar-refractivity contribution in [2.24, 2.45) is 22.9 Å². The Balaban J connectivity index is 1.39. The Labute approximate surface area is 468 Å². The summed E-state index contributed by atoms with van der Waals surface area (Å²) < 4.78 is 59.3. The van der Waals surface area contributed by atoms with Crippen LogP contribution in [-0.4, -0.2) is 216 Å². The molecule has 0 radical (unpaired) electrons. The highest BCUT2D eigenvalue weighted by atomic mass is 19.1. The molecule has 0 aromatic heterocycles. The van der Waals surface area contributed by atoms with Gasteiger partial charge in [-0.05, 0) is 120 Å². The number of aliphatic hydroxyl groups excluding tert-OH is 3. The Morgan fingerprint density at radius 2 is 1.68 bits per heavy atom. The molecule has 0 saturated carbocycles. The van der Waals surface area contributed by atoms with Gasteiger partial charge in [-0.25, -0.2) is 9.92 Å². The van der Waals surface area contributed by atoms with E-state index in [1.54, 1.807) is 66.8 Å². The number of hydrogen-bond donors (Lipinski definition) is 9. The molecule has 3 fully saturated rings. The van der Waals surface area contributed by atoms with Crippen LogP contribution in [0.4, 0.5) is 10.1 Å². The summed E-state index contributed by atoms with van der Waals surface area (Å²) in [5, 5.41) is 68.4. The summed E-state index contributed by atoms with van der Waals surface area (Å²) in [6, 6.07) is 5.62. The van der Waals surface area contributed by atoms with E-state index < -0.39 is 127 Å². The highest BCUT2D eigenvalue weighted by Crippen LogP contribution is 2.41. The molecule has 9 N–H and O–H groups in total. The number of hydrogen-bond acceptors (Lipinski definition) is 22. The molecule has 4 heterocycles. The molecule has 0 spiro atoms. The van der Waals surface area contributed by atoms with E-state index in [1.165, 1.54) is 14.0 Å². The van der Waals surface area contributed by atoms with Crippen LogP contribution in [0.15, 0.2) is 53.2 Å². The number of methoxy groups -OCH3 is 2. The van der Waals surface area contributed by atoms with Crippen molar-refractivity contribution in [3.8, 4) is 0 Å². The quantitative estimate of drug-likeness (QED) is 0.0647. The molecule has 1 aromatic carbocycles. The van der Waals surface area contributed by atoms with Gasteiger partial charge in [-0.15, -0.1) is 5.53 Å². The number of carbonyl (C=O) groups excluding carboxylic acids is 1. The molecular weight excluding hydrogens is 1030 g/mol. The van der Waals surface area contributed by atoms with Crippen LogP contribution in [0.5, 0.6) is 0 Å². The monoisotopic (exact) mass is 1120 g/mol. The van der Waals surface area contributed by atoms with Gasteiger partial charge in [-0.1, -0.05) is 32.9 Å². The highest BCUT2D eigenvalue weighted by Gasteiger charge is 2.53. The van der Waals surface area contributed by atoms with Gasteiger partial charge in [0.1, 0.15) is 48.8 Å². The summed E-state index contributed by atoms with van der Waals surface area (Å²) in [5.74, 6) is -2.89. The van der Waals surface area contributed by atoms with E-state index in [0.717, 1.165) is 16.9 Å². The maximum absolute atomic E-state index is 15.0. The van der Waals surface area contributed by atoms with E-state index in [2.05, 4.69) is 21.4 Å².